The van der Waals surface area contributed by atoms with Crippen LogP contribution in [-0.4, -0.2) is 189 Å². The quantitative estimate of drug-likeness (QED) is 0.0250. The normalized spacial score (nSPS) is 23.3. The van der Waals surface area contributed by atoms with Gasteiger partial charge in [0.05, 0.1) is 36.3 Å². The Kier molecular flexibility index (Phi) is 44.5. The Bertz CT molecular complexity index is 4020. The molecule has 0 spiro atoms. The minimum absolute atomic E-state index is 0.0133. The van der Waals surface area contributed by atoms with E-state index < -0.39 is 222 Å². The van der Waals surface area contributed by atoms with Gasteiger partial charge in [0.25, 0.3) is 0 Å². The van der Waals surface area contributed by atoms with Crippen molar-refractivity contribution in [1.29, 1.82) is 0 Å². The van der Waals surface area contributed by atoms with Crippen molar-refractivity contribution in [2.24, 2.45) is 108 Å². The van der Waals surface area contributed by atoms with Gasteiger partial charge in [0, 0.05) is 106 Å². The number of nitrogens with one attached hydrogen (secondary N) is 7. The van der Waals surface area contributed by atoms with Crippen LogP contribution >= 0.6 is 11.8 Å². The molecule has 1 heterocycles. The molecule has 0 saturated carbocycles. The van der Waals surface area contributed by atoms with Gasteiger partial charge in [-0.2, -0.15) is 0 Å². The third-order valence-corrected chi connectivity index (χ3v) is 22.3. The number of guanidine groups is 3. The van der Waals surface area contributed by atoms with E-state index in [1.54, 1.807) is 95.3 Å². The first kappa shape index (κ1) is 101. The van der Waals surface area contributed by atoms with Gasteiger partial charge in [-0.1, -0.05) is 141 Å². The maximum absolute atomic E-state index is 15.3. The highest BCUT2D eigenvalue weighted by molar-refractivity contribution is 8.00. The third kappa shape index (κ3) is 37.4. The van der Waals surface area contributed by atoms with Crippen LogP contribution in [0.25, 0.3) is 0 Å². The lowest BCUT2D eigenvalue weighted by Gasteiger charge is -2.30. The van der Waals surface area contributed by atoms with Crippen LogP contribution in [-0.2, 0) is 91.2 Å². The Morgan fingerprint density at radius 2 is 0.900 bits per heavy atom. The van der Waals surface area contributed by atoms with Gasteiger partial charge in [0.1, 0.15) is 35.4 Å². The number of Topliss-reactive ketones (excluding diaryl/α,β-unsaturated/α-hetero) is 6. The van der Waals surface area contributed by atoms with Gasteiger partial charge in [-0.15, -0.1) is 11.8 Å². The van der Waals surface area contributed by atoms with E-state index in [2.05, 4.69) is 52.2 Å². The number of carboxylic acids is 1. The summed E-state index contributed by atoms with van der Waals surface area (Å²) >= 11 is 0.877. The topological polar surface area (TPSA) is 600 Å². The molecule has 0 bridgehead atoms. The van der Waals surface area contributed by atoms with Crippen molar-refractivity contribution in [3.8, 4) is 5.75 Å². The highest BCUT2D eigenvalue weighted by Gasteiger charge is 2.41. The molecule has 3 aromatic carbocycles. The fraction of sp³-hybridized carbons (Fsp3) is 0.576. The first-order valence-corrected chi connectivity index (χ1v) is 42.3. The standard InChI is InChI=1S/C85H127N17O17S/c1-9-50(7)60-44-69(106)59(49(5)6)43-72(109)76(51(8)10-2)102-79(116)56(36-48(3)4)41-71(108)63(38-52-20-13-11-14-21-52)96-74(111)47-120-46-66(67(104)31-32-73(86)110)101-80(117)62(26-19-35-95-85(91)92)98-81(118)64(39-53-22-15-12-16-23-53)99-78(115)57(37-54-27-29-58(103)30-28-54)42-70(107)61(25-18-34-94-84(89)90)97-82(119)65(45-75(112)113)100-77(114)55(40-68(60)105)24-17-33-93-83(87)88/h11-16,20-23,27-30,48-51,55-57,59-66,76,103H,9-10,17-19,24-26,31-47H2,1-8H3,(H2,86,110)(H,96,111)(H,97,119)(H,98,118)(H,99,115)(H,100,114)(H,101,117)(H,102,116)(H,112,113)(H4,87,88,93)(H4,89,90,94)(H4,91,92,95)/t50-,51-,55+,56+,57+,59-,60-,61-,62-,63-,64-,65-,66-,76-/m0/s1. The number of carbonyl (C=O) groups is 15. The first-order chi connectivity index (χ1) is 56.8. The molecule has 120 heavy (non-hydrogen) atoms. The molecular formula is C85H127N17O17S. The van der Waals surface area contributed by atoms with Crippen LogP contribution < -0.4 is 77.4 Å². The Morgan fingerprint density at radius 3 is 1.43 bits per heavy atom. The Hall–Kier alpha value is -11.1. The molecule has 1 aliphatic heterocycles. The second-order valence-corrected chi connectivity index (χ2v) is 32.9. The van der Waals surface area contributed by atoms with Crippen LogP contribution in [0.1, 0.15) is 181 Å². The number of nitrogens with zero attached hydrogens (tertiary/aromatic N) is 3. The zero-order valence-electron chi connectivity index (χ0n) is 70.3. The van der Waals surface area contributed by atoms with Crippen molar-refractivity contribution in [2.75, 3.05) is 31.1 Å². The van der Waals surface area contributed by atoms with Crippen LogP contribution in [0.5, 0.6) is 5.75 Å². The summed E-state index contributed by atoms with van der Waals surface area (Å²) < 4.78 is 0. The van der Waals surface area contributed by atoms with E-state index in [4.69, 9.17) is 40.1 Å². The van der Waals surface area contributed by atoms with Crippen molar-refractivity contribution in [3.05, 3.63) is 102 Å². The number of aliphatic carboxylic acids is 1. The van der Waals surface area contributed by atoms with Gasteiger partial charge in [-0.3, -0.25) is 86.9 Å². The fourth-order valence-electron chi connectivity index (χ4n) is 14.1. The molecule has 0 radical (unpaired) electrons. The van der Waals surface area contributed by atoms with Gasteiger partial charge >= 0.3 is 5.97 Å². The molecule has 34 nitrogen and oxygen atoms in total. The van der Waals surface area contributed by atoms with Crippen LogP contribution in [0, 0.1) is 53.3 Å². The summed E-state index contributed by atoms with van der Waals surface area (Å²) in [5.41, 5.74) is 41.0. The van der Waals surface area contributed by atoms with Crippen molar-refractivity contribution >= 4 is 118 Å². The van der Waals surface area contributed by atoms with Crippen molar-refractivity contribution in [1.82, 2.24) is 37.2 Å². The number of aliphatic imine (C=N–C) groups is 3. The number of phenols is 1. The monoisotopic (exact) mass is 1690 g/mol. The number of hydrogen-bond donors (Lipinski definition) is 16. The summed E-state index contributed by atoms with van der Waals surface area (Å²) in [6.45, 7) is 14.2. The van der Waals surface area contributed by atoms with Crippen molar-refractivity contribution in [3.63, 3.8) is 0 Å². The third-order valence-electron chi connectivity index (χ3n) is 21.3. The molecule has 0 aliphatic carbocycles. The SMILES string of the molecule is CC[C@H](C)[C@@H]1CC(=O)[C@H](C(C)C)CC(=O)[C@H]([C@@H](C)CC)NC(=O)[C@H](CC(C)C)CC(=O)[C@H](Cc2ccccc2)NC(=O)CSC[C@@H](C(=O)CCC(N)=O)NC(=O)[C@H](CCCN=C(N)N)NC(=O)[C@H](Cc2ccccc2)NC(=O)[C@H](Cc2ccc(O)cc2)CC(=O)[C@H](CCCN=C(N)N)NC(=O)[C@H](CC(=O)O)NC(=O)[C@H](CCCN=C(N)N)CC1=O. The minimum atomic E-state index is -1.95. The number of carbonyl (C=O) groups excluding carboxylic acids is 14. The zero-order chi connectivity index (χ0) is 89.3. The molecule has 0 unspecified atom stereocenters. The number of phenolic OH excluding ortho intramolecular Hbond substituents is 1. The number of primary amides is 1. The lowest BCUT2D eigenvalue weighted by atomic mass is 9.75. The Morgan fingerprint density at radius 1 is 0.450 bits per heavy atom. The number of hydrogen-bond acceptors (Lipinski definition) is 20. The summed E-state index contributed by atoms with van der Waals surface area (Å²) in [5.74, 6) is -21.6. The second kappa shape index (κ2) is 52.7. The number of amides is 8. The molecule has 1 aliphatic rings. The molecule has 3 aromatic rings. The zero-order valence-corrected chi connectivity index (χ0v) is 71.1. The van der Waals surface area contributed by atoms with Gasteiger partial charge in [0.2, 0.25) is 47.3 Å². The lowest BCUT2D eigenvalue weighted by Crippen LogP contribution is -2.57. The Labute approximate surface area is 706 Å². The minimum Gasteiger partial charge on any atom is -0.508 e. The van der Waals surface area contributed by atoms with E-state index in [0.29, 0.717) is 29.5 Å². The maximum Gasteiger partial charge on any atom is 0.305 e. The van der Waals surface area contributed by atoms with E-state index in [9.17, 15) is 63.0 Å². The molecule has 1 saturated heterocycles. The number of aromatic hydroxyl groups is 1. The smallest absolute Gasteiger partial charge is 0.305 e. The molecule has 8 amide bonds. The maximum atomic E-state index is 15.3. The van der Waals surface area contributed by atoms with E-state index in [1.807, 2.05) is 20.8 Å². The predicted octanol–water partition coefficient (Wildman–Crippen LogP) is 2.70. The average Bonchev–Trinajstić information content (AvgIpc) is 0.867. The first-order valence-electron chi connectivity index (χ1n) is 41.2. The van der Waals surface area contributed by atoms with E-state index in [-0.39, 0.29) is 132 Å². The fourth-order valence-corrected chi connectivity index (χ4v) is 15.0. The van der Waals surface area contributed by atoms with Crippen molar-refractivity contribution in [2.45, 2.75) is 226 Å². The molecule has 0 aromatic heterocycles. The van der Waals surface area contributed by atoms with Crippen LogP contribution in [0.2, 0.25) is 0 Å². The number of thioether (sulfide) groups is 1. The van der Waals surface area contributed by atoms with E-state index >= 15 is 19.2 Å². The number of carboxylic acid groups (broad SMARTS) is 1. The summed E-state index contributed by atoms with van der Waals surface area (Å²) in [7, 11) is 0. The van der Waals surface area contributed by atoms with Gasteiger partial charge in [-0.05, 0) is 110 Å². The molecule has 660 valence electrons. The highest BCUT2D eigenvalue weighted by atomic mass is 32.2. The molecule has 14 atom stereocenters. The Balaban J connectivity index is 2.01. The summed E-state index contributed by atoms with van der Waals surface area (Å²) in [6.07, 6.45) is -4.51. The highest BCUT2D eigenvalue weighted by Crippen LogP contribution is 2.31. The van der Waals surface area contributed by atoms with E-state index in [1.165, 1.54) is 24.3 Å². The van der Waals surface area contributed by atoms with Crippen LogP contribution in [0.4, 0.5) is 0 Å². The average molecular weight is 1690 g/mol. The van der Waals surface area contributed by atoms with Gasteiger partial charge < -0.3 is 87.6 Å². The number of rotatable bonds is 31. The van der Waals surface area contributed by atoms with Gasteiger partial charge in [0.15, 0.2) is 41.0 Å². The van der Waals surface area contributed by atoms with Crippen LogP contribution in [0.3, 0.4) is 0 Å². The number of ketones is 6. The predicted molar refractivity (Wildman–Crippen MR) is 457 cm³/mol. The largest absolute Gasteiger partial charge is 0.508 e. The van der Waals surface area contributed by atoms with Crippen LogP contribution in [0.15, 0.2) is 99.9 Å². The summed E-state index contributed by atoms with van der Waals surface area (Å²) in [5, 5.41) is 39.8. The summed E-state index contributed by atoms with van der Waals surface area (Å²) in [4.78, 5) is 231. The molecule has 35 heteroatoms. The molecule has 23 N–H and O–H groups in total. The number of benzene rings is 3. The summed E-state index contributed by atoms with van der Waals surface area (Å²) in [6, 6.07) is 12.2. The molecule has 4 rings (SSSR count). The van der Waals surface area contributed by atoms with Gasteiger partial charge in [-0.25, -0.2) is 0 Å². The lowest BCUT2D eigenvalue weighted by molar-refractivity contribution is -0.142. The van der Waals surface area contributed by atoms with Crippen molar-refractivity contribution < 1.29 is 82.1 Å². The second-order valence-electron chi connectivity index (χ2n) is 31.9. The molecule has 1 fully saturated rings. The molecular weight excluding hydrogens is 1560 g/mol. The van der Waals surface area contributed by atoms with E-state index in [0.717, 1.165) is 11.8 Å². The number of nitrogens with two attached hydrogens (primary N) is 7.